The van der Waals surface area contributed by atoms with E-state index in [1.807, 2.05) is 43.5 Å². The molecule has 0 saturated carbocycles. The number of hydrogen-bond acceptors (Lipinski definition) is 6. The summed E-state index contributed by atoms with van der Waals surface area (Å²) in [6.45, 7) is 4.52. The molecule has 0 aliphatic heterocycles. The number of ether oxygens (including phenoxy) is 1. The van der Waals surface area contributed by atoms with E-state index >= 15 is 0 Å². The van der Waals surface area contributed by atoms with E-state index in [0.717, 1.165) is 40.9 Å². The lowest BCUT2D eigenvalue weighted by molar-refractivity contribution is 0.414. The Hall–Kier alpha value is -2.96. The number of methoxy groups -OCH3 is 1. The second-order valence-corrected chi connectivity index (χ2v) is 5.35. The predicted octanol–water partition coefficient (Wildman–Crippen LogP) is 2.55. The Kier molecular flexibility index (Phi) is 4.69. The minimum absolute atomic E-state index is 0.551. The van der Waals surface area contributed by atoms with Gasteiger partial charge in [0.2, 0.25) is 0 Å². The Morgan fingerprint density at radius 1 is 1.12 bits per heavy atom. The minimum atomic E-state index is 0.551. The van der Waals surface area contributed by atoms with Crippen LogP contribution in [0.1, 0.15) is 24.1 Å². The Balaban J connectivity index is 1.68. The van der Waals surface area contributed by atoms with Crippen LogP contribution in [0.15, 0.2) is 36.5 Å². The van der Waals surface area contributed by atoms with Gasteiger partial charge < -0.3 is 10.1 Å². The Bertz CT molecular complexity index is 812. The van der Waals surface area contributed by atoms with Crippen molar-refractivity contribution in [3.05, 3.63) is 53.7 Å². The first-order chi connectivity index (χ1) is 11.7. The number of aromatic nitrogens is 5. The lowest BCUT2D eigenvalue weighted by atomic mass is 10.3. The monoisotopic (exact) mass is 324 g/mol. The molecule has 3 aromatic rings. The molecule has 0 unspecified atom stereocenters. The van der Waals surface area contributed by atoms with E-state index in [1.54, 1.807) is 11.8 Å². The van der Waals surface area contributed by atoms with Gasteiger partial charge in [-0.1, -0.05) is 12.1 Å². The fraction of sp³-hybridized carbons (Fsp3) is 0.294. The second kappa shape index (κ2) is 7.08. The van der Waals surface area contributed by atoms with E-state index in [4.69, 9.17) is 4.74 Å². The van der Waals surface area contributed by atoms with Crippen LogP contribution in [-0.4, -0.2) is 32.1 Å². The largest absolute Gasteiger partial charge is 0.497 e. The van der Waals surface area contributed by atoms with Crippen molar-refractivity contribution in [2.24, 2.45) is 0 Å². The standard InChI is InChI=1S/C17H20N6O/c1-4-13-9-17(20-12(2)19-13)18-10-14-11-23(22-21-14)15-5-7-16(24-3)8-6-15/h5-9,11H,4,10H2,1-3H3,(H,18,19,20). The van der Waals surface area contributed by atoms with Gasteiger partial charge in [-0.3, -0.25) is 0 Å². The third-order valence-corrected chi connectivity index (χ3v) is 3.58. The molecule has 2 heterocycles. The summed E-state index contributed by atoms with van der Waals surface area (Å²) >= 11 is 0. The van der Waals surface area contributed by atoms with Crippen molar-refractivity contribution in [1.82, 2.24) is 25.0 Å². The van der Waals surface area contributed by atoms with Gasteiger partial charge in [0.25, 0.3) is 0 Å². The first-order valence-corrected chi connectivity index (χ1v) is 7.82. The summed E-state index contributed by atoms with van der Waals surface area (Å²) < 4.78 is 6.89. The normalized spacial score (nSPS) is 10.6. The summed E-state index contributed by atoms with van der Waals surface area (Å²) in [6.07, 6.45) is 2.77. The maximum atomic E-state index is 5.16. The number of anilines is 1. The maximum Gasteiger partial charge on any atom is 0.130 e. The number of hydrogen-bond donors (Lipinski definition) is 1. The number of aryl methyl sites for hydroxylation is 2. The molecule has 3 rings (SSSR count). The van der Waals surface area contributed by atoms with Gasteiger partial charge in [0.1, 0.15) is 23.1 Å². The highest BCUT2D eigenvalue weighted by Crippen LogP contribution is 2.14. The van der Waals surface area contributed by atoms with Crippen LogP contribution in [0, 0.1) is 6.92 Å². The summed E-state index contributed by atoms with van der Waals surface area (Å²) in [5.41, 5.74) is 2.78. The zero-order valence-electron chi connectivity index (χ0n) is 14.0. The summed E-state index contributed by atoms with van der Waals surface area (Å²) in [6, 6.07) is 9.62. The second-order valence-electron chi connectivity index (χ2n) is 5.35. The number of benzene rings is 1. The summed E-state index contributed by atoms with van der Waals surface area (Å²) in [5, 5.41) is 11.6. The van der Waals surface area contributed by atoms with Crippen LogP contribution in [0.25, 0.3) is 5.69 Å². The molecular formula is C17H20N6O. The molecule has 1 aromatic carbocycles. The molecule has 24 heavy (non-hydrogen) atoms. The van der Waals surface area contributed by atoms with Crippen molar-refractivity contribution in [2.75, 3.05) is 12.4 Å². The van der Waals surface area contributed by atoms with Crippen LogP contribution in [-0.2, 0) is 13.0 Å². The van der Waals surface area contributed by atoms with Gasteiger partial charge in [-0.05, 0) is 37.6 Å². The molecule has 7 heteroatoms. The van der Waals surface area contributed by atoms with Crippen LogP contribution in [0.2, 0.25) is 0 Å². The number of nitrogens with one attached hydrogen (secondary N) is 1. The van der Waals surface area contributed by atoms with E-state index in [9.17, 15) is 0 Å². The average Bonchev–Trinajstić information content (AvgIpc) is 3.08. The summed E-state index contributed by atoms with van der Waals surface area (Å²) in [5.74, 6) is 2.38. The summed E-state index contributed by atoms with van der Waals surface area (Å²) in [7, 11) is 1.65. The molecule has 1 N–H and O–H groups in total. The molecule has 0 amide bonds. The molecule has 0 spiro atoms. The zero-order chi connectivity index (χ0) is 16.9. The third kappa shape index (κ3) is 3.68. The SMILES string of the molecule is CCc1cc(NCc2cn(-c3ccc(OC)cc3)nn2)nc(C)n1. The van der Waals surface area contributed by atoms with Crippen LogP contribution in [0.4, 0.5) is 5.82 Å². The molecule has 0 atom stereocenters. The Morgan fingerprint density at radius 3 is 2.62 bits per heavy atom. The Labute approximate surface area is 140 Å². The first kappa shape index (κ1) is 15.9. The van der Waals surface area contributed by atoms with Gasteiger partial charge in [0, 0.05) is 11.8 Å². The highest BCUT2D eigenvalue weighted by Gasteiger charge is 2.05. The van der Waals surface area contributed by atoms with Crippen LogP contribution in [0.5, 0.6) is 5.75 Å². The molecule has 0 bridgehead atoms. The number of nitrogens with zero attached hydrogens (tertiary/aromatic N) is 5. The quantitative estimate of drug-likeness (QED) is 0.751. The van der Waals surface area contributed by atoms with Crippen molar-refractivity contribution in [2.45, 2.75) is 26.8 Å². The topological polar surface area (TPSA) is 77.8 Å². The van der Waals surface area contributed by atoms with Gasteiger partial charge in [-0.2, -0.15) is 0 Å². The summed E-state index contributed by atoms with van der Waals surface area (Å²) in [4.78, 5) is 8.76. The van der Waals surface area contributed by atoms with Crippen molar-refractivity contribution < 1.29 is 4.74 Å². The van der Waals surface area contributed by atoms with Crippen LogP contribution >= 0.6 is 0 Å². The highest BCUT2D eigenvalue weighted by molar-refractivity contribution is 5.38. The molecule has 0 aliphatic rings. The first-order valence-electron chi connectivity index (χ1n) is 7.82. The van der Waals surface area contributed by atoms with Gasteiger partial charge in [-0.15, -0.1) is 5.10 Å². The maximum absolute atomic E-state index is 5.16. The van der Waals surface area contributed by atoms with Gasteiger partial charge in [0.15, 0.2) is 0 Å². The van der Waals surface area contributed by atoms with E-state index in [2.05, 4.69) is 32.5 Å². The van der Waals surface area contributed by atoms with Crippen LogP contribution in [0.3, 0.4) is 0 Å². The smallest absolute Gasteiger partial charge is 0.130 e. The Morgan fingerprint density at radius 2 is 1.92 bits per heavy atom. The average molecular weight is 324 g/mol. The number of rotatable bonds is 6. The van der Waals surface area contributed by atoms with E-state index < -0.39 is 0 Å². The third-order valence-electron chi connectivity index (χ3n) is 3.58. The zero-order valence-corrected chi connectivity index (χ0v) is 14.0. The van der Waals surface area contributed by atoms with Gasteiger partial charge >= 0.3 is 0 Å². The molecule has 0 aliphatic carbocycles. The minimum Gasteiger partial charge on any atom is -0.497 e. The highest BCUT2D eigenvalue weighted by atomic mass is 16.5. The van der Waals surface area contributed by atoms with Crippen molar-refractivity contribution in [3.8, 4) is 11.4 Å². The van der Waals surface area contributed by atoms with Crippen molar-refractivity contribution >= 4 is 5.82 Å². The molecule has 2 aromatic heterocycles. The molecule has 0 saturated heterocycles. The van der Waals surface area contributed by atoms with Gasteiger partial charge in [-0.25, -0.2) is 14.6 Å². The molecule has 124 valence electrons. The van der Waals surface area contributed by atoms with E-state index in [-0.39, 0.29) is 0 Å². The lowest BCUT2D eigenvalue weighted by Crippen LogP contribution is -2.05. The van der Waals surface area contributed by atoms with Crippen molar-refractivity contribution in [3.63, 3.8) is 0 Å². The fourth-order valence-electron chi connectivity index (χ4n) is 2.32. The van der Waals surface area contributed by atoms with Crippen LogP contribution < -0.4 is 10.1 Å². The molecule has 7 nitrogen and oxygen atoms in total. The lowest BCUT2D eigenvalue weighted by Gasteiger charge is -2.06. The van der Waals surface area contributed by atoms with Gasteiger partial charge in [0.05, 0.1) is 25.5 Å². The van der Waals surface area contributed by atoms with E-state index in [1.165, 1.54) is 0 Å². The molecule has 0 fully saturated rings. The van der Waals surface area contributed by atoms with E-state index in [0.29, 0.717) is 6.54 Å². The molecular weight excluding hydrogens is 304 g/mol. The predicted molar refractivity (Wildman–Crippen MR) is 91.4 cm³/mol. The molecule has 0 radical (unpaired) electrons. The van der Waals surface area contributed by atoms with Crippen molar-refractivity contribution in [1.29, 1.82) is 0 Å². The fourth-order valence-corrected chi connectivity index (χ4v) is 2.32.